The molecule has 0 unspecified atom stereocenters. The van der Waals surface area contributed by atoms with E-state index in [1.165, 1.54) is 0 Å². The van der Waals surface area contributed by atoms with Crippen LogP contribution < -0.4 is 5.32 Å². The molecule has 1 aromatic carbocycles. The summed E-state index contributed by atoms with van der Waals surface area (Å²) in [6.45, 7) is 6.12. The molecule has 6 nitrogen and oxygen atoms in total. The second-order valence-corrected chi connectivity index (χ2v) is 4.56. The van der Waals surface area contributed by atoms with Crippen molar-refractivity contribution in [1.29, 1.82) is 0 Å². The van der Waals surface area contributed by atoms with Crippen molar-refractivity contribution in [3.05, 3.63) is 54.6 Å². The number of benzene rings is 1. The van der Waals surface area contributed by atoms with Gasteiger partial charge in [-0.2, -0.15) is 10.1 Å². The summed E-state index contributed by atoms with van der Waals surface area (Å²) < 4.78 is 6.90. The molecule has 6 heteroatoms. The monoisotopic (exact) mass is 281 g/mol. The van der Waals surface area contributed by atoms with E-state index in [4.69, 9.17) is 4.52 Å². The van der Waals surface area contributed by atoms with Gasteiger partial charge in [-0.05, 0) is 19.1 Å². The van der Waals surface area contributed by atoms with Crippen molar-refractivity contribution in [3.63, 3.8) is 0 Å². The van der Waals surface area contributed by atoms with E-state index in [1.807, 2.05) is 30.5 Å². The number of aryl methyl sites for hydroxylation is 1. The third-order valence-corrected chi connectivity index (χ3v) is 3.01. The quantitative estimate of drug-likeness (QED) is 0.778. The number of hydrogen-bond acceptors (Lipinski definition) is 5. The van der Waals surface area contributed by atoms with Crippen LogP contribution in [0, 0.1) is 6.92 Å². The number of aromatic nitrogens is 4. The van der Waals surface area contributed by atoms with Gasteiger partial charge in [0.1, 0.15) is 0 Å². The molecule has 0 aliphatic carbocycles. The lowest BCUT2D eigenvalue weighted by Crippen LogP contribution is -2.00. The maximum Gasteiger partial charge on any atom is 0.260 e. The predicted octanol–water partition coefficient (Wildman–Crippen LogP) is 2.95. The van der Waals surface area contributed by atoms with Gasteiger partial charge in [0.15, 0.2) is 5.82 Å². The van der Waals surface area contributed by atoms with Crippen LogP contribution in [0.3, 0.4) is 0 Å². The number of hydrogen-bond donors (Lipinski definition) is 1. The fraction of sp³-hybridized carbons (Fsp3) is 0.133. The molecule has 2 heterocycles. The van der Waals surface area contributed by atoms with E-state index in [2.05, 4.69) is 27.1 Å². The fourth-order valence-corrected chi connectivity index (χ4v) is 2.00. The summed E-state index contributed by atoms with van der Waals surface area (Å²) in [7, 11) is 0. The Labute approximate surface area is 122 Å². The van der Waals surface area contributed by atoms with Crippen molar-refractivity contribution in [3.8, 4) is 11.5 Å². The smallest absolute Gasteiger partial charge is 0.260 e. The highest BCUT2D eigenvalue weighted by Crippen LogP contribution is 2.26. The molecule has 0 atom stereocenters. The maximum absolute atomic E-state index is 5.23. The molecule has 0 saturated carbocycles. The molecule has 0 aliphatic heterocycles. The van der Waals surface area contributed by atoms with Gasteiger partial charge < -0.3 is 9.84 Å². The number of para-hydroxylation sites is 1. The van der Waals surface area contributed by atoms with Gasteiger partial charge in [0.25, 0.3) is 5.89 Å². The van der Waals surface area contributed by atoms with Crippen molar-refractivity contribution in [1.82, 2.24) is 19.9 Å². The lowest BCUT2D eigenvalue weighted by molar-refractivity contribution is 0.426. The van der Waals surface area contributed by atoms with Gasteiger partial charge in [-0.3, -0.25) is 0 Å². The molecule has 3 aromatic rings. The predicted molar refractivity (Wildman–Crippen MR) is 80.4 cm³/mol. The number of nitrogens with zero attached hydrogens (tertiary/aromatic N) is 4. The third-order valence-electron chi connectivity index (χ3n) is 3.01. The molecule has 106 valence electrons. The molecule has 0 fully saturated rings. The van der Waals surface area contributed by atoms with Crippen LogP contribution in [0.5, 0.6) is 0 Å². The number of rotatable bonds is 5. The molecule has 0 radical (unpaired) electrons. The first kappa shape index (κ1) is 13.1. The average Bonchev–Trinajstić information content (AvgIpc) is 3.14. The first-order valence-electron chi connectivity index (χ1n) is 6.55. The lowest BCUT2D eigenvalue weighted by Gasteiger charge is -2.08. The van der Waals surface area contributed by atoms with Crippen molar-refractivity contribution >= 4 is 11.9 Å². The van der Waals surface area contributed by atoms with E-state index in [-0.39, 0.29) is 0 Å². The molecule has 0 spiro atoms. The zero-order valence-electron chi connectivity index (χ0n) is 11.7. The Balaban J connectivity index is 1.80. The Bertz CT molecular complexity index is 759. The molecule has 0 aliphatic rings. The zero-order chi connectivity index (χ0) is 14.7. The van der Waals surface area contributed by atoms with Crippen molar-refractivity contribution in [2.75, 3.05) is 5.32 Å². The van der Waals surface area contributed by atoms with Gasteiger partial charge in [-0.1, -0.05) is 23.9 Å². The Hall–Kier alpha value is -2.89. The van der Waals surface area contributed by atoms with E-state index in [0.29, 0.717) is 18.3 Å². The molecule has 3 rings (SSSR count). The van der Waals surface area contributed by atoms with E-state index in [1.54, 1.807) is 24.0 Å². The van der Waals surface area contributed by atoms with Crippen LogP contribution in [0.25, 0.3) is 17.7 Å². The highest BCUT2D eigenvalue weighted by Gasteiger charge is 2.11. The molecule has 2 aromatic heterocycles. The van der Waals surface area contributed by atoms with Crippen LogP contribution in [0.4, 0.5) is 5.69 Å². The molecule has 0 saturated heterocycles. The summed E-state index contributed by atoms with van der Waals surface area (Å²) >= 11 is 0. The molecule has 1 N–H and O–H groups in total. The normalized spacial score (nSPS) is 10.5. The third kappa shape index (κ3) is 2.84. The highest BCUT2D eigenvalue weighted by molar-refractivity contribution is 5.72. The van der Waals surface area contributed by atoms with Crippen molar-refractivity contribution < 1.29 is 4.52 Å². The van der Waals surface area contributed by atoms with Crippen molar-refractivity contribution in [2.24, 2.45) is 0 Å². The first-order chi connectivity index (χ1) is 10.3. The second kappa shape index (κ2) is 5.62. The van der Waals surface area contributed by atoms with E-state index in [0.717, 1.165) is 16.8 Å². The van der Waals surface area contributed by atoms with Crippen LogP contribution in [-0.4, -0.2) is 19.9 Å². The van der Waals surface area contributed by atoms with Crippen LogP contribution >= 0.6 is 0 Å². The van der Waals surface area contributed by atoms with E-state index < -0.39 is 0 Å². The van der Waals surface area contributed by atoms with Gasteiger partial charge in [0, 0.05) is 30.2 Å². The summed E-state index contributed by atoms with van der Waals surface area (Å²) in [5.41, 5.74) is 2.88. The van der Waals surface area contributed by atoms with E-state index in [9.17, 15) is 0 Å². The largest absolute Gasteiger partial charge is 0.380 e. The topological polar surface area (TPSA) is 68.8 Å². The van der Waals surface area contributed by atoms with Crippen molar-refractivity contribution in [2.45, 2.75) is 13.5 Å². The summed E-state index contributed by atoms with van der Waals surface area (Å²) in [4.78, 5) is 4.27. The van der Waals surface area contributed by atoms with Gasteiger partial charge >= 0.3 is 0 Å². The second-order valence-electron chi connectivity index (χ2n) is 4.56. The Morgan fingerprint density at radius 2 is 2.24 bits per heavy atom. The van der Waals surface area contributed by atoms with Gasteiger partial charge in [-0.25, -0.2) is 4.68 Å². The molecule has 0 bridgehead atoms. The summed E-state index contributed by atoms with van der Waals surface area (Å²) in [5, 5.41) is 11.3. The Kier molecular flexibility index (Phi) is 3.51. The molecule has 21 heavy (non-hydrogen) atoms. The van der Waals surface area contributed by atoms with Crippen LogP contribution in [0.1, 0.15) is 11.4 Å². The van der Waals surface area contributed by atoms with Gasteiger partial charge in [-0.15, -0.1) is 0 Å². The lowest BCUT2D eigenvalue weighted by atomic mass is 10.1. The minimum absolute atomic E-state index is 0.511. The number of nitrogens with one attached hydrogen (secondary N) is 1. The van der Waals surface area contributed by atoms with Crippen LogP contribution in [0.15, 0.2) is 47.8 Å². The Morgan fingerprint density at radius 1 is 1.38 bits per heavy atom. The minimum Gasteiger partial charge on any atom is -0.380 e. The fourth-order valence-electron chi connectivity index (χ4n) is 2.00. The van der Waals surface area contributed by atoms with Gasteiger partial charge in [0.2, 0.25) is 0 Å². The summed E-state index contributed by atoms with van der Waals surface area (Å²) in [6.07, 6.45) is 5.37. The van der Waals surface area contributed by atoms with E-state index >= 15 is 0 Å². The molecular formula is C15H15N5O. The average molecular weight is 281 g/mol. The van der Waals surface area contributed by atoms with Crippen LogP contribution in [-0.2, 0) is 6.54 Å². The summed E-state index contributed by atoms with van der Waals surface area (Å²) in [6, 6.07) is 7.83. The maximum atomic E-state index is 5.23. The van der Waals surface area contributed by atoms with Gasteiger partial charge in [0.05, 0.1) is 11.8 Å². The van der Waals surface area contributed by atoms with Crippen LogP contribution in [0.2, 0.25) is 0 Å². The molecule has 0 amide bonds. The Morgan fingerprint density at radius 3 is 2.95 bits per heavy atom. The highest BCUT2D eigenvalue weighted by atomic mass is 16.5. The molecular weight excluding hydrogens is 266 g/mol. The summed E-state index contributed by atoms with van der Waals surface area (Å²) in [5.74, 6) is 1.13. The standard InChI is InChI=1S/C15H15N5O/c1-3-20-10-12(9-17-20)8-16-14-7-5-4-6-13(14)15-18-11(2)19-21-15/h3-7,9-10,16H,1,8H2,2H3. The zero-order valence-corrected chi connectivity index (χ0v) is 11.7. The number of anilines is 1. The SMILES string of the molecule is C=Cn1cc(CNc2ccccc2-c2nc(C)no2)cn1. The first-order valence-corrected chi connectivity index (χ1v) is 6.55. The minimum atomic E-state index is 0.511.